The van der Waals surface area contributed by atoms with E-state index in [4.69, 9.17) is 17.3 Å². The molecule has 0 saturated carbocycles. The van der Waals surface area contributed by atoms with E-state index in [1.165, 1.54) is 6.08 Å². The van der Waals surface area contributed by atoms with Gasteiger partial charge in [-0.05, 0) is 29.9 Å². The second-order valence-electron chi connectivity index (χ2n) is 2.83. The number of hydrazine groups is 1. The monoisotopic (exact) mass is 255 g/mol. The molecule has 16 heavy (non-hydrogen) atoms. The van der Waals surface area contributed by atoms with Crippen molar-refractivity contribution in [1.29, 1.82) is 0 Å². The van der Waals surface area contributed by atoms with Gasteiger partial charge in [-0.1, -0.05) is 29.8 Å². The maximum absolute atomic E-state index is 11.2. The molecule has 0 bridgehead atoms. The summed E-state index contributed by atoms with van der Waals surface area (Å²) < 4.78 is 0. The minimum atomic E-state index is -0.368. The lowest BCUT2D eigenvalue weighted by Gasteiger charge is -2.02. The predicted octanol–water partition coefficient (Wildman–Crippen LogP) is 1.22. The Kier molecular flexibility index (Phi) is 4.75. The van der Waals surface area contributed by atoms with E-state index in [1.807, 2.05) is 12.1 Å². The van der Waals surface area contributed by atoms with Gasteiger partial charge in [0.25, 0.3) is 5.91 Å². The minimum Gasteiger partial charge on any atom is -0.375 e. The van der Waals surface area contributed by atoms with Crippen molar-refractivity contribution in [3.05, 3.63) is 40.9 Å². The largest absolute Gasteiger partial charge is 0.375 e. The van der Waals surface area contributed by atoms with Crippen LogP contribution in [0.5, 0.6) is 0 Å². The zero-order valence-corrected chi connectivity index (χ0v) is 9.81. The van der Waals surface area contributed by atoms with Crippen molar-refractivity contribution in [2.45, 2.75) is 0 Å². The lowest BCUT2D eigenvalue weighted by Crippen LogP contribution is -2.43. The topological polar surface area (TPSA) is 67.2 Å². The van der Waals surface area contributed by atoms with E-state index in [2.05, 4.69) is 23.1 Å². The number of carbonyl (C=O) groups excluding carboxylic acids is 1. The molecule has 0 saturated heterocycles. The Morgan fingerprint density at radius 1 is 1.38 bits per heavy atom. The number of thiocarbonyl (C=S) groups is 1. The number of carbonyl (C=O) groups is 1. The van der Waals surface area contributed by atoms with Crippen molar-refractivity contribution < 1.29 is 4.79 Å². The number of nitrogens with two attached hydrogens (primary N) is 1. The van der Waals surface area contributed by atoms with E-state index >= 15 is 0 Å². The molecule has 4 nitrogen and oxygen atoms in total. The number of amides is 1. The van der Waals surface area contributed by atoms with Crippen LogP contribution in [0.4, 0.5) is 0 Å². The zero-order chi connectivity index (χ0) is 12.0. The van der Waals surface area contributed by atoms with Gasteiger partial charge in [-0.2, -0.15) is 0 Å². The molecule has 6 heteroatoms. The second-order valence-corrected chi connectivity index (χ2v) is 3.68. The van der Waals surface area contributed by atoms with E-state index in [0.29, 0.717) is 5.02 Å². The second kappa shape index (κ2) is 6.09. The average Bonchev–Trinajstić information content (AvgIpc) is 2.25. The smallest absolute Gasteiger partial charge is 0.262 e. The number of nitrogens with one attached hydrogen (secondary N) is 2. The summed E-state index contributed by atoms with van der Waals surface area (Å²) in [4.78, 5) is 11.2. The molecule has 1 aromatic carbocycles. The molecule has 0 atom stereocenters. The first kappa shape index (κ1) is 12.5. The van der Waals surface area contributed by atoms with Crippen LogP contribution < -0.4 is 16.6 Å². The van der Waals surface area contributed by atoms with Gasteiger partial charge in [0.1, 0.15) is 0 Å². The van der Waals surface area contributed by atoms with Crippen LogP contribution in [-0.2, 0) is 4.79 Å². The van der Waals surface area contributed by atoms with Crippen LogP contribution in [0.2, 0.25) is 5.02 Å². The predicted molar refractivity (Wildman–Crippen MR) is 68.5 cm³/mol. The summed E-state index contributed by atoms with van der Waals surface area (Å²) in [5, 5.41) is 0.577. The number of hydrogen-bond donors (Lipinski definition) is 3. The van der Waals surface area contributed by atoms with Crippen LogP contribution in [-0.4, -0.2) is 11.0 Å². The molecule has 4 N–H and O–H groups in total. The van der Waals surface area contributed by atoms with Gasteiger partial charge in [-0.25, -0.2) is 0 Å². The fourth-order valence-electron chi connectivity index (χ4n) is 0.941. The Balaban J connectivity index is 2.57. The molecule has 0 aromatic heterocycles. The highest BCUT2D eigenvalue weighted by atomic mass is 35.5. The molecule has 0 aliphatic carbocycles. The number of rotatable bonds is 2. The molecule has 0 spiro atoms. The lowest BCUT2D eigenvalue weighted by molar-refractivity contribution is -0.116. The van der Waals surface area contributed by atoms with E-state index in [-0.39, 0.29) is 11.0 Å². The minimum absolute atomic E-state index is 0.000469. The molecular formula is C10H10ClN3OS. The highest BCUT2D eigenvalue weighted by molar-refractivity contribution is 7.80. The Morgan fingerprint density at radius 2 is 2.06 bits per heavy atom. The van der Waals surface area contributed by atoms with Crippen LogP contribution in [0.3, 0.4) is 0 Å². The highest BCUT2D eigenvalue weighted by Gasteiger charge is 1.96. The molecular weight excluding hydrogens is 246 g/mol. The summed E-state index contributed by atoms with van der Waals surface area (Å²) in [5.74, 6) is -0.368. The Hall–Kier alpha value is -1.59. The van der Waals surface area contributed by atoms with Crippen LogP contribution in [0.25, 0.3) is 6.08 Å². The van der Waals surface area contributed by atoms with E-state index in [0.717, 1.165) is 5.56 Å². The quantitative estimate of drug-likeness (QED) is 0.422. The molecule has 0 unspecified atom stereocenters. The van der Waals surface area contributed by atoms with Gasteiger partial charge in [-0.15, -0.1) is 0 Å². The maximum atomic E-state index is 11.2. The fourth-order valence-corrected chi connectivity index (χ4v) is 1.19. The first-order chi connectivity index (χ1) is 7.59. The Bertz CT molecular complexity index is 434. The molecule has 0 aliphatic heterocycles. The third-order valence-electron chi connectivity index (χ3n) is 1.63. The Labute approximate surface area is 103 Å². The van der Waals surface area contributed by atoms with Crippen LogP contribution in [0.15, 0.2) is 30.3 Å². The number of benzene rings is 1. The van der Waals surface area contributed by atoms with Gasteiger partial charge >= 0.3 is 0 Å². The molecule has 1 amide bonds. The van der Waals surface area contributed by atoms with Crippen molar-refractivity contribution in [3.8, 4) is 0 Å². The van der Waals surface area contributed by atoms with E-state index < -0.39 is 0 Å². The van der Waals surface area contributed by atoms with Crippen LogP contribution >= 0.6 is 23.8 Å². The maximum Gasteiger partial charge on any atom is 0.262 e. The summed E-state index contributed by atoms with van der Waals surface area (Å²) in [7, 11) is 0. The third kappa shape index (κ3) is 4.29. The first-order valence-corrected chi connectivity index (χ1v) is 5.16. The van der Waals surface area contributed by atoms with Gasteiger partial charge in [-0.3, -0.25) is 15.6 Å². The summed E-state index contributed by atoms with van der Waals surface area (Å²) in [6.45, 7) is 0. The van der Waals surface area contributed by atoms with Crippen molar-refractivity contribution in [2.75, 3.05) is 0 Å². The molecule has 1 rings (SSSR count). The summed E-state index contributed by atoms with van der Waals surface area (Å²) in [6.07, 6.45) is 2.92. The van der Waals surface area contributed by atoms with Gasteiger partial charge in [0.2, 0.25) is 0 Å². The fraction of sp³-hybridized carbons (Fsp3) is 0. The molecule has 0 aliphatic rings. The van der Waals surface area contributed by atoms with Crippen LogP contribution in [0, 0.1) is 0 Å². The Morgan fingerprint density at radius 3 is 2.69 bits per heavy atom. The van der Waals surface area contributed by atoms with Crippen molar-refractivity contribution in [2.24, 2.45) is 5.73 Å². The van der Waals surface area contributed by atoms with Gasteiger partial charge < -0.3 is 5.73 Å². The SMILES string of the molecule is NC(=S)NNC(=O)/C=C/c1ccccc1Cl. The highest BCUT2D eigenvalue weighted by Crippen LogP contribution is 2.15. The zero-order valence-electron chi connectivity index (χ0n) is 8.24. The number of halogens is 1. The standard InChI is InChI=1S/C10H10ClN3OS/c11-8-4-2-1-3-7(8)5-6-9(15)13-14-10(12)16/h1-6H,(H,13,15)(H3,12,14,16)/b6-5+. The molecule has 0 heterocycles. The summed E-state index contributed by atoms with van der Waals surface area (Å²) in [5.41, 5.74) is 10.5. The molecule has 0 radical (unpaired) electrons. The summed E-state index contributed by atoms with van der Waals surface area (Å²) >= 11 is 10.4. The number of hydrogen-bond acceptors (Lipinski definition) is 2. The van der Waals surface area contributed by atoms with E-state index in [1.54, 1.807) is 18.2 Å². The van der Waals surface area contributed by atoms with Crippen molar-refractivity contribution in [3.63, 3.8) is 0 Å². The van der Waals surface area contributed by atoms with Crippen molar-refractivity contribution >= 4 is 40.9 Å². The first-order valence-electron chi connectivity index (χ1n) is 4.37. The molecule has 0 fully saturated rings. The van der Waals surface area contributed by atoms with Crippen LogP contribution in [0.1, 0.15) is 5.56 Å². The third-order valence-corrected chi connectivity index (χ3v) is 2.07. The van der Waals surface area contributed by atoms with Gasteiger partial charge in [0.05, 0.1) is 0 Å². The summed E-state index contributed by atoms with van der Waals surface area (Å²) in [6, 6.07) is 7.18. The molecule has 1 aromatic rings. The van der Waals surface area contributed by atoms with Gasteiger partial charge in [0, 0.05) is 11.1 Å². The lowest BCUT2D eigenvalue weighted by atomic mass is 10.2. The normalized spacial score (nSPS) is 10.1. The van der Waals surface area contributed by atoms with E-state index in [9.17, 15) is 4.79 Å². The van der Waals surface area contributed by atoms with Gasteiger partial charge in [0.15, 0.2) is 5.11 Å². The van der Waals surface area contributed by atoms with Crippen molar-refractivity contribution in [1.82, 2.24) is 10.9 Å². The average molecular weight is 256 g/mol. The molecule has 84 valence electrons.